The van der Waals surface area contributed by atoms with Gasteiger partial charge in [0.15, 0.2) is 0 Å². The molecular weight excluding hydrogens is 352 g/mol. The fourth-order valence-corrected chi connectivity index (χ4v) is 3.47. The third kappa shape index (κ3) is 5.12. The van der Waals surface area contributed by atoms with Crippen molar-refractivity contribution >= 4 is 11.6 Å². The zero-order valence-electron chi connectivity index (χ0n) is 16.9. The van der Waals surface area contributed by atoms with Crippen LogP contribution in [-0.2, 0) is 22.6 Å². The molecule has 150 valence electrons. The lowest BCUT2D eigenvalue weighted by Crippen LogP contribution is -2.36. The number of amides is 1. The number of anilines is 1. The van der Waals surface area contributed by atoms with Crippen molar-refractivity contribution < 1.29 is 14.3 Å². The van der Waals surface area contributed by atoms with Crippen molar-refractivity contribution in [1.82, 2.24) is 4.90 Å². The van der Waals surface area contributed by atoms with Gasteiger partial charge in [-0.15, -0.1) is 0 Å². The van der Waals surface area contributed by atoms with Gasteiger partial charge in [0, 0.05) is 50.6 Å². The minimum absolute atomic E-state index is 0.0238. The molecular formula is C23H30N2O3. The van der Waals surface area contributed by atoms with Crippen LogP contribution in [0.15, 0.2) is 48.5 Å². The van der Waals surface area contributed by atoms with Crippen LogP contribution in [0.4, 0.5) is 5.69 Å². The van der Waals surface area contributed by atoms with E-state index in [1.807, 2.05) is 43.0 Å². The normalized spacial score (nSPS) is 12.9. The molecule has 0 bridgehead atoms. The van der Waals surface area contributed by atoms with Crippen LogP contribution in [0.5, 0.6) is 0 Å². The molecule has 3 rings (SSSR count). The van der Waals surface area contributed by atoms with E-state index in [0.717, 1.165) is 18.8 Å². The largest absolute Gasteiger partial charge is 0.380 e. The summed E-state index contributed by atoms with van der Waals surface area (Å²) in [4.78, 5) is 17.1. The summed E-state index contributed by atoms with van der Waals surface area (Å²) in [6.45, 7) is 9.28. The van der Waals surface area contributed by atoms with Crippen LogP contribution in [0.25, 0.3) is 0 Å². The Morgan fingerprint density at radius 3 is 1.93 bits per heavy atom. The van der Waals surface area contributed by atoms with E-state index in [1.54, 1.807) is 0 Å². The maximum absolute atomic E-state index is 12.9. The van der Waals surface area contributed by atoms with Gasteiger partial charge in [0.1, 0.15) is 0 Å². The first kappa shape index (κ1) is 20.4. The topological polar surface area (TPSA) is 42.0 Å². The van der Waals surface area contributed by atoms with Gasteiger partial charge in [0.05, 0.1) is 13.2 Å². The number of carbonyl (C=O) groups is 1. The summed E-state index contributed by atoms with van der Waals surface area (Å²) in [6, 6.07) is 16.5. The third-order valence-corrected chi connectivity index (χ3v) is 5.03. The van der Waals surface area contributed by atoms with Gasteiger partial charge in [0.25, 0.3) is 5.91 Å². The highest BCUT2D eigenvalue weighted by Crippen LogP contribution is 2.28. The van der Waals surface area contributed by atoms with Crippen molar-refractivity contribution in [2.75, 3.05) is 44.4 Å². The monoisotopic (exact) mass is 382 g/mol. The zero-order chi connectivity index (χ0) is 19.8. The van der Waals surface area contributed by atoms with E-state index in [1.165, 1.54) is 11.1 Å². The van der Waals surface area contributed by atoms with E-state index >= 15 is 0 Å². The van der Waals surface area contributed by atoms with Gasteiger partial charge >= 0.3 is 0 Å². The Labute approximate surface area is 167 Å². The molecule has 0 saturated carbocycles. The van der Waals surface area contributed by atoms with Gasteiger partial charge < -0.3 is 19.3 Å². The second kappa shape index (κ2) is 10.2. The SMILES string of the molecule is CCOCCN(CCOCC)C(=O)c1ccc(N2Cc3ccccc3C2)cc1. The van der Waals surface area contributed by atoms with Crippen LogP contribution in [-0.4, -0.2) is 50.3 Å². The Morgan fingerprint density at radius 1 is 0.893 bits per heavy atom. The number of hydrogen-bond donors (Lipinski definition) is 0. The van der Waals surface area contributed by atoms with Crippen LogP contribution < -0.4 is 4.90 Å². The van der Waals surface area contributed by atoms with Crippen molar-refractivity contribution in [2.45, 2.75) is 26.9 Å². The molecule has 1 heterocycles. The highest BCUT2D eigenvalue weighted by Gasteiger charge is 2.20. The highest BCUT2D eigenvalue weighted by atomic mass is 16.5. The van der Waals surface area contributed by atoms with Gasteiger partial charge in [0.2, 0.25) is 0 Å². The maximum Gasteiger partial charge on any atom is 0.254 e. The van der Waals surface area contributed by atoms with Crippen LogP contribution >= 0.6 is 0 Å². The molecule has 0 atom stereocenters. The molecule has 5 heteroatoms. The van der Waals surface area contributed by atoms with Crippen LogP contribution in [0.2, 0.25) is 0 Å². The van der Waals surface area contributed by atoms with Crippen LogP contribution in [0.1, 0.15) is 35.3 Å². The average Bonchev–Trinajstić information content (AvgIpc) is 3.17. The molecule has 1 aliphatic rings. The summed E-state index contributed by atoms with van der Waals surface area (Å²) in [6.07, 6.45) is 0. The quantitative estimate of drug-likeness (QED) is 0.588. The summed E-state index contributed by atoms with van der Waals surface area (Å²) in [7, 11) is 0. The molecule has 0 unspecified atom stereocenters. The molecule has 1 amide bonds. The molecule has 5 nitrogen and oxygen atoms in total. The van der Waals surface area contributed by atoms with E-state index in [0.29, 0.717) is 45.1 Å². The fraction of sp³-hybridized carbons (Fsp3) is 0.435. The maximum atomic E-state index is 12.9. The van der Waals surface area contributed by atoms with E-state index in [2.05, 4.69) is 29.2 Å². The first-order valence-corrected chi connectivity index (χ1v) is 10.1. The van der Waals surface area contributed by atoms with E-state index < -0.39 is 0 Å². The molecule has 0 N–H and O–H groups in total. The number of rotatable bonds is 10. The molecule has 28 heavy (non-hydrogen) atoms. The molecule has 0 radical (unpaired) electrons. The van der Waals surface area contributed by atoms with Gasteiger partial charge in [-0.2, -0.15) is 0 Å². The minimum Gasteiger partial charge on any atom is -0.380 e. The number of hydrogen-bond acceptors (Lipinski definition) is 4. The van der Waals surface area contributed by atoms with Gasteiger partial charge in [-0.05, 0) is 49.2 Å². The third-order valence-electron chi connectivity index (χ3n) is 5.03. The number of ether oxygens (including phenoxy) is 2. The van der Waals surface area contributed by atoms with Crippen molar-refractivity contribution in [3.63, 3.8) is 0 Å². The number of nitrogens with zero attached hydrogens (tertiary/aromatic N) is 2. The van der Waals surface area contributed by atoms with E-state index in [4.69, 9.17) is 9.47 Å². The molecule has 0 aromatic heterocycles. The predicted octanol–water partition coefficient (Wildman–Crippen LogP) is 3.72. The molecule has 0 aliphatic carbocycles. The summed E-state index contributed by atoms with van der Waals surface area (Å²) >= 11 is 0. The van der Waals surface area contributed by atoms with Crippen molar-refractivity contribution in [3.05, 3.63) is 65.2 Å². The standard InChI is InChI=1S/C23H30N2O3/c1-3-27-15-13-24(14-16-28-4-2)23(26)19-9-11-22(12-10-19)25-17-20-7-5-6-8-21(20)18-25/h5-12H,3-4,13-18H2,1-2H3. The first-order valence-electron chi connectivity index (χ1n) is 10.1. The second-order valence-electron chi connectivity index (χ2n) is 6.86. The Hall–Kier alpha value is -2.37. The molecule has 2 aromatic rings. The Kier molecular flexibility index (Phi) is 7.46. The Morgan fingerprint density at radius 2 is 1.43 bits per heavy atom. The number of carbonyl (C=O) groups excluding carboxylic acids is 1. The lowest BCUT2D eigenvalue weighted by molar-refractivity contribution is 0.0550. The van der Waals surface area contributed by atoms with E-state index in [9.17, 15) is 4.79 Å². The smallest absolute Gasteiger partial charge is 0.254 e. The minimum atomic E-state index is 0.0238. The molecule has 0 fully saturated rings. The van der Waals surface area contributed by atoms with Crippen molar-refractivity contribution in [3.8, 4) is 0 Å². The second-order valence-corrected chi connectivity index (χ2v) is 6.86. The molecule has 1 aliphatic heterocycles. The Balaban J connectivity index is 1.64. The lowest BCUT2D eigenvalue weighted by atomic mass is 10.1. The summed E-state index contributed by atoms with van der Waals surface area (Å²) < 4.78 is 10.9. The summed E-state index contributed by atoms with van der Waals surface area (Å²) in [5, 5.41) is 0. The predicted molar refractivity (Wildman–Crippen MR) is 112 cm³/mol. The molecule has 2 aromatic carbocycles. The first-order chi connectivity index (χ1) is 13.7. The average molecular weight is 383 g/mol. The van der Waals surface area contributed by atoms with Gasteiger partial charge in [-0.25, -0.2) is 0 Å². The van der Waals surface area contributed by atoms with Crippen LogP contribution in [0.3, 0.4) is 0 Å². The Bertz CT molecular complexity index is 726. The lowest BCUT2D eigenvalue weighted by Gasteiger charge is -2.23. The molecule has 0 saturated heterocycles. The zero-order valence-corrected chi connectivity index (χ0v) is 16.9. The van der Waals surface area contributed by atoms with Crippen LogP contribution in [0, 0.1) is 0 Å². The van der Waals surface area contributed by atoms with E-state index in [-0.39, 0.29) is 5.91 Å². The van der Waals surface area contributed by atoms with Crippen molar-refractivity contribution in [2.24, 2.45) is 0 Å². The highest BCUT2D eigenvalue weighted by molar-refractivity contribution is 5.94. The molecule has 0 spiro atoms. The summed E-state index contributed by atoms with van der Waals surface area (Å²) in [5.74, 6) is 0.0238. The van der Waals surface area contributed by atoms with Crippen molar-refractivity contribution in [1.29, 1.82) is 0 Å². The number of fused-ring (bicyclic) bond motifs is 1. The van der Waals surface area contributed by atoms with Gasteiger partial charge in [-0.3, -0.25) is 4.79 Å². The van der Waals surface area contributed by atoms with Gasteiger partial charge in [-0.1, -0.05) is 24.3 Å². The number of benzene rings is 2. The fourth-order valence-electron chi connectivity index (χ4n) is 3.47. The summed E-state index contributed by atoms with van der Waals surface area (Å²) in [5.41, 5.74) is 4.60.